The lowest BCUT2D eigenvalue weighted by atomic mass is 10.1. The van der Waals surface area contributed by atoms with Crippen molar-refractivity contribution in [3.8, 4) is 0 Å². The highest BCUT2D eigenvalue weighted by molar-refractivity contribution is 8.08. The van der Waals surface area contributed by atoms with Crippen LogP contribution < -0.4 is 10.6 Å². The third-order valence-corrected chi connectivity index (χ3v) is 7.50. The molecule has 0 fully saturated rings. The van der Waals surface area contributed by atoms with E-state index >= 15 is 0 Å². The van der Waals surface area contributed by atoms with Crippen molar-refractivity contribution >= 4 is 62.3 Å². The van der Waals surface area contributed by atoms with Crippen molar-refractivity contribution in [3.63, 3.8) is 0 Å². The summed E-state index contributed by atoms with van der Waals surface area (Å²) in [7, 11) is 0. The minimum Gasteiger partial charge on any atom is -0.462 e. The number of thioether (sulfide) groups is 1. The van der Waals surface area contributed by atoms with E-state index < -0.39 is 11.8 Å². The number of benzene rings is 2. The Bertz CT molecular complexity index is 1540. The number of ketones is 1. The first-order valence-electron chi connectivity index (χ1n) is 12.2. The summed E-state index contributed by atoms with van der Waals surface area (Å²) >= 11 is 2.21. The van der Waals surface area contributed by atoms with E-state index in [0.717, 1.165) is 23.1 Å². The molecule has 2 N–H and O–H groups in total. The number of halogens is 1. The van der Waals surface area contributed by atoms with Gasteiger partial charge in [0.25, 0.3) is 0 Å². The van der Waals surface area contributed by atoms with Gasteiger partial charge in [-0.3, -0.25) is 9.59 Å². The van der Waals surface area contributed by atoms with Crippen molar-refractivity contribution in [2.75, 3.05) is 23.0 Å². The number of esters is 1. The number of thiazole rings is 1. The second kappa shape index (κ2) is 13.6. The minimum atomic E-state index is -0.512. The molecule has 0 radical (unpaired) electrons. The molecule has 2 aromatic heterocycles. The fraction of sp³-hybridized carbons (Fsp3) is 0.138. The summed E-state index contributed by atoms with van der Waals surface area (Å²) in [6.07, 6.45) is 2.97. The molecule has 8 nitrogen and oxygen atoms in total. The Balaban J connectivity index is 1.48. The van der Waals surface area contributed by atoms with E-state index in [0.29, 0.717) is 37.7 Å². The van der Waals surface area contributed by atoms with Crippen molar-refractivity contribution in [2.45, 2.75) is 13.8 Å². The van der Waals surface area contributed by atoms with Crippen LogP contribution in [0, 0.1) is 12.7 Å². The Kier molecular flexibility index (Phi) is 9.76. The van der Waals surface area contributed by atoms with Gasteiger partial charge in [0.1, 0.15) is 11.6 Å². The number of nitrogens with zero attached hydrogens (tertiary/aromatic N) is 2. The first kappa shape index (κ1) is 28.7. The predicted molar refractivity (Wildman–Crippen MR) is 157 cm³/mol. The number of carbonyl (C=O) groups excluding carboxylic acids is 3. The van der Waals surface area contributed by atoms with E-state index in [4.69, 9.17) is 4.74 Å². The average molecular weight is 577 g/mol. The molecule has 4 rings (SSSR count). The molecule has 204 valence electrons. The van der Waals surface area contributed by atoms with Gasteiger partial charge in [-0.1, -0.05) is 35.6 Å². The predicted octanol–water partition coefficient (Wildman–Crippen LogP) is 6.50. The van der Waals surface area contributed by atoms with Crippen LogP contribution in [0.2, 0.25) is 0 Å². The number of aryl methyl sites for hydroxylation is 1. The molecule has 0 bridgehead atoms. The second-order valence-corrected chi connectivity index (χ2v) is 10.3. The largest absolute Gasteiger partial charge is 0.462 e. The lowest BCUT2D eigenvalue weighted by Gasteiger charge is -2.10. The van der Waals surface area contributed by atoms with Crippen LogP contribution in [0.15, 0.2) is 79.0 Å². The number of nitrogens with one attached hydrogen (secondary N) is 2. The quantitative estimate of drug-likeness (QED) is 0.118. The molecule has 2 aromatic carbocycles. The highest BCUT2D eigenvalue weighted by Crippen LogP contribution is 2.32. The number of pyridine rings is 1. The molecule has 11 heteroatoms. The van der Waals surface area contributed by atoms with Crippen LogP contribution >= 0.6 is 23.1 Å². The molecule has 0 spiro atoms. The summed E-state index contributed by atoms with van der Waals surface area (Å²) in [4.78, 5) is 47.1. The summed E-state index contributed by atoms with van der Waals surface area (Å²) in [5.41, 5.74) is 1.58. The normalized spacial score (nSPS) is 11.1. The number of hydrogen-bond acceptors (Lipinski definition) is 9. The van der Waals surface area contributed by atoms with Crippen LogP contribution in [-0.2, 0) is 9.53 Å². The van der Waals surface area contributed by atoms with Crippen molar-refractivity contribution in [2.24, 2.45) is 0 Å². The Morgan fingerprint density at radius 3 is 2.50 bits per heavy atom. The number of allylic oxidation sites excluding steroid dienone is 1. The number of ether oxygens (including phenoxy) is 1. The van der Waals surface area contributed by atoms with Crippen LogP contribution in [0.3, 0.4) is 0 Å². The number of rotatable bonds is 11. The summed E-state index contributed by atoms with van der Waals surface area (Å²) in [6, 6.07) is 17.8. The van der Waals surface area contributed by atoms with E-state index in [1.165, 1.54) is 12.1 Å². The fourth-order valence-corrected chi connectivity index (χ4v) is 5.27. The SMILES string of the molecule is CCOC(=O)c1ccc(NC(=O)CS/C(=C\C(=O)c2sc(Nc3ccccn3)nc2C)c2ccccc2F)cc1. The van der Waals surface area contributed by atoms with Crippen LogP contribution in [0.4, 0.5) is 21.0 Å². The monoisotopic (exact) mass is 576 g/mol. The standard InChI is InChI=1S/C29H25FN4O4S2/c1-3-38-28(37)19-11-13-20(14-12-19)33-26(36)17-39-24(21-8-4-5-9-22(21)30)16-23(35)27-18(2)32-29(40-27)34-25-10-6-7-15-31-25/h4-16H,3,17H2,1-2H3,(H,33,36)(H,31,32,34)/b24-16-. The maximum absolute atomic E-state index is 14.7. The number of carbonyl (C=O) groups is 3. The van der Waals surface area contributed by atoms with E-state index in [1.807, 2.05) is 6.07 Å². The Hall–Kier alpha value is -4.35. The molecule has 0 aliphatic rings. The zero-order valence-corrected chi connectivity index (χ0v) is 23.3. The maximum Gasteiger partial charge on any atom is 0.338 e. The van der Waals surface area contributed by atoms with Gasteiger partial charge in [-0.05, 0) is 56.3 Å². The van der Waals surface area contributed by atoms with Gasteiger partial charge in [-0.15, -0.1) is 11.8 Å². The maximum atomic E-state index is 14.7. The summed E-state index contributed by atoms with van der Waals surface area (Å²) in [5, 5.41) is 6.32. The highest BCUT2D eigenvalue weighted by Gasteiger charge is 2.18. The Morgan fingerprint density at radius 1 is 1.05 bits per heavy atom. The molecule has 1 amide bonds. The first-order chi connectivity index (χ1) is 19.3. The van der Waals surface area contributed by atoms with E-state index in [1.54, 1.807) is 74.6 Å². The zero-order valence-electron chi connectivity index (χ0n) is 21.6. The molecule has 40 heavy (non-hydrogen) atoms. The van der Waals surface area contributed by atoms with E-state index in [2.05, 4.69) is 20.6 Å². The third kappa shape index (κ3) is 7.61. The van der Waals surface area contributed by atoms with Crippen LogP contribution in [0.5, 0.6) is 0 Å². The van der Waals surface area contributed by atoms with Gasteiger partial charge < -0.3 is 15.4 Å². The average Bonchev–Trinajstić information content (AvgIpc) is 3.32. The smallest absolute Gasteiger partial charge is 0.338 e. The van der Waals surface area contributed by atoms with E-state index in [9.17, 15) is 18.8 Å². The second-order valence-electron chi connectivity index (χ2n) is 8.26. The molecule has 4 aromatic rings. The van der Waals surface area contributed by atoms with Crippen molar-refractivity contribution < 1.29 is 23.5 Å². The summed E-state index contributed by atoms with van der Waals surface area (Å²) in [5.74, 6) is -1.17. The van der Waals surface area contributed by atoms with Gasteiger partial charge in [0.05, 0.1) is 28.5 Å². The van der Waals surface area contributed by atoms with Gasteiger partial charge in [0.15, 0.2) is 10.9 Å². The highest BCUT2D eigenvalue weighted by atomic mass is 32.2. The minimum absolute atomic E-state index is 0.0821. The molecular weight excluding hydrogens is 551 g/mol. The molecular formula is C29H25FN4O4S2. The number of aromatic nitrogens is 2. The topological polar surface area (TPSA) is 110 Å². The molecule has 0 saturated carbocycles. The van der Waals surface area contributed by atoms with Crippen LogP contribution in [0.1, 0.15) is 38.2 Å². The van der Waals surface area contributed by atoms with Crippen molar-refractivity contribution in [3.05, 3.63) is 107 Å². The summed E-state index contributed by atoms with van der Waals surface area (Å²) < 4.78 is 19.7. The van der Waals surface area contributed by atoms with Crippen molar-refractivity contribution in [1.29, 1.82) is 0 Å². The zero-order chi connectivity index (χ0) is 28.5. The molecule has 0 unspecified atom stereocenters. The van der Waals surface area contributed by atoms with Gasteiger partial charge in [0.2, 0.25) is 5.91 Å². The number of amides is 1. The Labute approximate surface area is 238 Å². The van der Waals surface area contributed by atoms with Gasteiger partial charge in [-0.2, -0.15) is 0 Å². The van der Waals surface area contributed by atoms with Crippen LogP contribution in [-0.4, -0.2) is 40.0 Å². The summed E-state index contributed by atoms with van der Waals surface area (Å²) in [6.45, 7) is 3.71. The molecule has 0 saturated heterocycles. The fourth-order valence-electron chi connectivity index (χ4n) is 3.51. The molecule has 0 aliphatic carbocycles. The molecule has 0 atom stereocenters. The molecule has 2 heterocycles. The lowest BCUT2D eigenvalue weighted by Crippen LogP contribution is -2.14. The number of hydrogen-bond donors (Lipinski definition) is 2. The first-order valence-corrected chi connectivity index (χ1v) is 14.0. The Morgan fingerprint density at radius 2 is 1.80 bits per heavy atom. The molecule has 0 aliphatic heterocycles. The van der Waals surface area contributed by atoms with E-state index in [-0.39, 0.29) is 29.6 Å². The lowest BCUT2D eigenvalue weighted by molar-refractivity contribution is -0.113. The van der Waals surface area contributed by atoms with Crippen molar-refractivity contribution in [1.82, 2.24) is 9.97 Å². The van der Waals surface area contributed by atoms with Gasteiger partial charge in [0, 0.05) is 28.4 Å². The van der Waals surface area contributed by atoms with Gasteiger partial charge in [-0.25, -0.2) is 19.2 Å². The third-order valence-electron chi connectivity index (χ3n) is 5.36. The number of anilines is 3. The van der Waals surface area contributed by atoms with Gasteiger partial charge >= 0.3 is 5.97 Å². The van der Waals surface area contributed by atoms with Crippen LogP contribution in [0.25, 0.3) is 4.91 Å².